The van der Waals surface area contributed by atoms with Crippen LogP contribution in [0.2, 0.25) is 0 Å². The average Bonchev–Trinajstić information content (AvgIpc) is 3.08. The fourth-order valence-electron chi connectivity index (χ4n) is 2.20. The van der Waals surface area contributed by atoms with Crippen LogP contribution < -0.4 is 9.46 Å². The average molecular weight is 353 g/mol. The van der Waals surface area contributed by atoms with Gasteiger partial charge in [0, 0.05) is 6.54 Å². The fourth-order valence-corrected chi connectivity index (χ4v) is 3.33. The number of aliphatic hydroxyl groups is 1. The van der Waals surface area contributed by atoms with Crippen molar-refractivity contribution in [1.29, 1.82) is 0 Å². The second kappa shape index (κ2) is 8.32. The maximum Gasteiger partial charge on any atom is 0.240 e. The van der Waals surface area contributed by atoms with Crippen LogP contribution in [0.25, 0.3) is 0 Å². The normalized spacial score (nSPS) is 13.0. The van der Waals surface area contributed by atoms with Gasteiger partial charge in [0.2, 0.25) is 10.0 Å². The number of ether oxygens (including phenoxy) is 1. The Morgan fingerprint density at radius 3 is 2.75 bits per heavy atom. The number of furan rings is 1. The molecule has 0 fully saturated rings. The van der Waals surface area contributed by atoms with Gasteiger partial charge in [0.15, 0.2) is 0 Å². The van der Waals surface area contributed by atoms with E-state index < -0.39 is 16.1 Å². The van der Waals surface area contributed by atoms with Gasteiger partial charge in [-0.05, 0) is 55.7 Å². The van der Waals surface area contributed by atoms with Crippen LogP contribution in [-0.4, -0.2) is 26.7 Å². The Kier molecular flexibility index (Phi) is 6.42. The highest BCUT2D eigenvalue weighted by Gasteiger charge is 2.17. The van der Waals surface area contributed by atoms with Crippen molar-refractivity contribution < 1.29 is 22.7 Å². The predicted octanol–water partition coefficient (Wildman–Crippen LogP) is 2.78. The van der Waals surface area contributed by atoms with Crippen LogP contribution in [0.5, 0.6) is 5.75 Å². The highest BCUT2D eigenvalue weighted by molar-refractivity contribution is 7.89. The highest BCUT2D eigenvalue weighted by atomic mass is 32.2. The Hall–Kier alpha value is -1.83. The summed E-state index contributed by atoms with van der Waals surface area (Å²) in [5.74, 6) is 1.10. The minimum absolute atomic E-state index is 0.108. The van der Waals surface area contributed by atoms with Gasteiger partial charge in [-0.25, -0.2) is 13.1 Å². The van der Waals surface area contributed by atoms with Gasteiger partial charge in [0.05, 0.1) is 17.8 Å². The molecule has 2 aromatic rings. The third kappa shape index (κ3) is 4.83. The van der Waals surface area contributed by atoms with E-state index >= 15 is 0 Å². The number of sulfonamides is 1. The number of benzene rings is 1. The summed E-state index contributed by atoms with van der Waals surface area (Å²) in [6.07, 6.45) is 1.74. The summed E-state index contributed by atoms with van der Waals surface area (Å²) in [4.78, 5) is 0.177. The third-order valence-corrected chi connectivity index (χ3v) is 4.96. The molecule has 132 valence electrons. The molecule has 0 amide bonds. The Balaban J connectivity index is 1.96. The molecule has 24 heavy (non-hydrogen) atoms. The summed E-state index contributed by atoms with van der Waals surface area (Å²) in [6.45, 7) is 4.52. The first-order valence-electron chi connectivity index (χ1n) is 7.88. The smallest absolute Gasteiger partial charge is 0.240 e. The van der Waals surface area contributed by atoms with Crippen molar-refractivity contribution in [3.63, 3.8) is 0 Å². The second-order valence-corrected chi connectivity index (χ2v) is 7.26. The van der Waals surface area contributed by atoms with Crippen molar-refractivity contribution in [3.05, 3.63) is 47.9 Å². The first-order chi connectivity index (χ1) is 11.4. The van der Waals surface area contributed by atoms with Gasteiger partial charge in [-0.15, -0.1) is 0 Å². The minimum Gasteiger partial charge on any atom is -0.493 e. The molecule has 2 N–H and O–H groups in total. The van der Waals surface area contributed by atoms with Gasteiger partial charge in [0.1, 0.15) is 17.6 Å². The topological polar surface area (TPSA) is 88.8 Å². The molecule has 1 atom stereocenters. The number of nitrogens with one attached hydrogen (secondary N) is 1. The lowest BCUT2D eigenvalue weighted by atomic mass is 10.2. The molecule has 0 saturated heterocycles. The molecule has 1 aromatic heterocycles. The summed E-state index contributed by atoms with van der Waals surface area (Å²) >= 11 is 0. The maximum atomic E-state index is 12.3. The number of rotatable bonds is 9. The lowest BCUT2D eigenvalue weighted by molar-refractivity contribution is 0.142. The Morgan fingerprint density at radius 2 is 2.12 bits per heavy atom. The Labute approximate surface area is 142 Å². The number of hydrogen-bond acceptors (Lipinski definition) is 5. The van der Waals surface area contributed by atoms with Crippen molar-refractivity contribution in [2.45, 2.75) is 37.7 Å². The maximum absolute atomic E-state index is 12.3. The first kappa shape index (κ1) is 18.5. The zero-order chi connectivity index (χ0) is 17.6. The molecule has 1 unspecified atom stereocenters. The lowest BCUT2D eigenvalue weighted by Gasteiger charge is -2.12. The zero-order valence-corrected chi connectivity index (χ0v) is 14.7. The van der Waals surface area contributed by atoms with Crippen molar-refractivity contribution in [1.82, 2.24) is 4.72 Å². The van der Waals surface area contributed by atoms with Crippen LogP contribution in [-0.2, 0) is 10.0 Å². The number of hydrogen-bond donors (Lipinski definition) is 2. The van der Waals surface area contributed by atoms with E-state index in [1.54, 1.807) is 24.3 Å². The molecular weight excluding hydrogens is 330 g/mol. The van der Waals surface area contributed by atoms with E-state index in [2.05, 4.69) is 4.72 Å². The zero-order valence-electron chi connectivity index (χ0n) is 13.9. The van der Waals surface area contributed by atoms with Gasteiger partial charge in [-0.3, -0.25) is 0 Å². The Bertz CT molecular complexity index is 740. The van der Waals surface area contributed by atoms with E-state index in [1.807, 2.05) is 13.8 Å². The Morgan fingerprint density at radius 1 is 1.33 bits per heavy atom. The highest BCUT2D eigenvalue weighted by Crippen LogP contribution is 2.22. The van der Waals surface area contributed by atoms with Gasteiger partial charge in [-0.1, -0.05) is 6.92 Å². The van der Waals surface area contributed by atoms with Crippen molar-refractivity contribution in [2.75, 3.05) is 13.2 Å². The summed E-state index contributed by atoms with van der Waals surface area (Å²) in [5.41, 5.74) is 0.766. The van der Waals surface area contributed by atoms with Crippen molar-refractivity contribution in [2.24, 2.45) is 0 Å². The van der Waals surface area contributed by atoms with E-state index in [4.69, 9.17) is 9.15 Å². The summed E-state index contributed by atoms with van der Waals surface area (Å²) in [7, 11) is -3.63. The number of aryl methyl sites for hydroxylation is 1. The van der Waals surface area contributed by atoms with Crippen LogP contribution in [0.3, 0.4) is 0 Å². The van der Waals surface area contributed by atoms with Crippen LogP contribution in [0.1, 0.15) is 37.2 Å². The van der Waals surface area contributed by atoms with Gasteiger partial charge < -0.3 is 14.3 Å². The van der Waals surface area contributed by atoms with Crippen LogP contribution in [0, 0.1) is 6.92 Å². The SMILES string of the molecule is CCCOc1ccc(S(=O)(=O)NCCC(O)c2ccco2)cc1C. The molecule has 6 nitrogen and oxygen atoms in total. The first-order valence-corrected chi connectivity index (χ1v) is 9.37. The van der Waals surface area contributed by atoms with Crippen molar-refractivity contribution >= 4 is 10.0 Å². The van der Waals surface area contributed by atoms with Gasteiger partial charge in [0.25, 0.3) is 0 Å². The van der Waals surface area contributed by atoms with E-state index in [0.29, 0.717) is 18.1 Å². The summed E-state index contributed by atoms with van der Waals surface area (Å²) < 4.78 is 37.8. The van der Waals surface area contributed by atoms with Gasteiger partial charge in [-0.2, -0.15) is 0 Å². The molecule has 7 heteroatoms. The minimum atomic E-state index is -3.63. The van der Waals surface area contributed by atoms with Crippen molar-refractivity contribution in [3.8, 4) is 5.75 Å². The molecule has 1 aromatic carbocycles. The van der Waals surface area contributed by atoms with Crippen LogP contribution in [0.4, 0.5) is 0 Å². The molecule has 0 saturated carbocycles. The van der Waals surface area contributed by atoms with Crippen LogP contribution >= 0.6 is 0 Å². The molecular formula is C17H23NO5S. The predicted molar refractivity (Wildman–Crippen MR) is 90.4 cm³/mol. The molecule has 0 aliphatic rings. The lowest BCUT2D eigenvalue weighted by Crippen LogP contribution is -2.26. The monoisotopic (exact) mass is 353 g/mol. The third-order valence-electron chi connectivity index (χ3n) is 3.50. The van der Waals surface area contributed by atoms with E-state index in [9.17, 15) is 13.5 Å². The standard InChI is InChI=1S/C17H23NO5S/c1-3-10-22-16-7-6-14(12-13(16)2)24(20,21)18-9-8-15(19)17-5-4-11-23-17/h4-7,11-12,15,18-19H,3,8-10H2,1-2H3. The quantitative estimate of drug-likeness (QED) is 0.724. The van der Waals surface area contributed by atoms with E-state index in [-0.39, 0.29) is 17.9 Å². The molecule has 1 heterocycles. The molecule has 0 aliphatic heterocycles. The fraction of sp³-hybridized carbons (Fsp3) is 0.412. The van der Waals surface area contributed by atoms with E-state index in [0.717, 1.165) is 12.0 Å². The molecule has 0 radical (unpaired) electrons. The van der Waals surface area contributed by atoms with E-state index in [1.165, 1.54) is 12.3 Å². The van der Waals surface area contributed by atoms with Gasteiger partial charge >= 0.3 is 0 Å². The molecule has 0 spiro atoms. The summed E-state index contributed by atoms with van der Waals surface area (Å²) in [6, 6.07) is 8.09. The van der Waals surface area contributed by atoms with Crippen LogP contribution in [0.15, 0.2) is 45.9 Å². The second-order valence-electron chi connectivity index (χ2n) is 5.49. The molecule has 0 bridgehead atoms. The largest absolute Gasteiger partial charge is 0.493 e. The summed E-state index contributed by atoms with van der Waals surface area (Å²) in [5, 5.41) is 9.89. The molecule has 2 rings (SSSR count). The molecule has 0 aliphatic carbocycles. The number of aliphatic hydroxyl groups excluding tert-OH is 1.